The third-order valence-electron chi connectivity index (χ3n) is 4.87. The molecule has 6 nitrogen and oxygen atoms in total. The molecule has 2 N–H and O–H groups in total. The van der Waals surface area contributed by atoms with Crippen LogP contribution >= 0.6 is 0 Å². The maximum Gasteiger partial charge on any atom is 0.311 e. The fraction of sp³-hybridized carbons (Fsp3) is 0.556. The van der Waals surface area contributed by atoms with Crippen LogP contribution in [0.25, 0.3) is 0 Å². The van der Waals surface area contributed by atoms with E-state index in [0.717, 1.165) is 11.3 Å². The van der Waals surface area contributed by atoms with Crippen LogP contribution in [0.15, 0.2) is 24.3 Å². The number of nitrogens with one attached hydrogen (secondary N) is 1. The molecule has 1 aliphatic rings. The fourth-order valence-corrected chi connectivity index (χ4v) is 2.84. The van der Waals surface area contributed by atoms with Gasteiger partial charge in [-0.15, -0.1) is 0 Å². The predicted molar refractivity (Wildman–Crippen MR) is 89.2 cm³/mol. The number of carboxylic acids is 1. The number of methoxy groups -OCH3 is 1. The lowest BCUT2D eigenvalue weighted by molar-refractivity contribution is -0.154. The molecule has 1 amide bonds. The van der Waals surface area contributed by atoms with Crippen molar-refractivity contribution in [3.05, 3.63) is 29.8 Å². The van der Waals surface area contributed by atoms with Gasteiger partial charge in [0.05, 0.1) is 17.9 Å². The highest BCUT2D eigenvalue weighted by Gasteiger charge is 2.41. The van der Waals surface area contributed by atoms with Crippen LogP contribution < -0.4 is 10.1 Å². The number of carboxylic acid groups (broad SMARTS) is 1. The van der Waals surface area contributed by atoms with Crippen molar-refractivity contribution in [1.82, 2.24) is 5.32 Å². The first-order valence-electron chi connectivity index (χ1n) is 8.06. The van der Waals surface area contributed by atoms with Gasteiger partial charge in [-0.3, -0.25) is 9.59 Å². The van der Waals surface area contributed by atoms with Gasteiger partial charge in [-0.25, -0.2) is 0 Å². The number of ether oxygens (including phenoxy) is 2. The quantitative estimate of drug-likeness (QED) is 0.830. The third-order valence-corrected chi connectivity index (χ3v) is 4.87. The molecule has 0 aromatic heterocycles. The van der Waals surface area contributed by atoms with E-state index in [-0.39, 0.29) is 12.5 Å². The Labute approximate surface area is 142 Å². The summed E-state index contributed by atoms with van der Waals surface area (Å²) in [4.78, 5) is 24.3. The van der Waals surface area contributed by atoms with Gasteiger partial charge in [0, 0.05) is 19.8 Å². The van der Waals surface area contributed by atoms with E-state index < -0.39 is 16.8 Å². The Kier molecular flexibility index (Phi) is 5.49. The first-order chi connectivity index (χ1) is 11.3. The molecule has 1 aromatic carbocycles. The summed E-state index contributed by atoms with van der Waals surface area (Å²) in [5.74, 6) is -0.352. The van der Waals surface area contributed by atoms with E-state index in [1.165, 1.54) is 0 Å². The second-order valence-electron chi connectivity index (χ2n) is 6.73. The number of hydrogen-bond acceptors (Lipinski definition) is 4. The fourth-order valence-electron chi connectivity index (χ4n) is 2.84. The normalized spacial score (nSPS) is 17.1. The standard InChI is InChI=1S/C18H25NO5/c1-17(2,13-4-6-14(23-3)7-5-13)15(20)19-12-18(16(21)22)8-10-24-11-9-18/h4-7H,8-12H2,1-3H3,(H,19,20)(H,21,22). The molecule has 24 heavy (non-hydrogen) atoms. The van der Waals surface area contributed by atoms with Gasteiger partial charge in [0.2, 0.25) is 5.91 Å². The molecule has 0 aliphatic carbocycles. The van der Waals surface area contributed by atoms with Gasteiger partial charge < -0.3 is 19.9 Å². The molecule has 1 heterocycles. The van der Waals surface area contributed by atoms with Crippen molar-refractivity contribution >= 4 is 11.9 Å². The van der Waals surface area contributed by atoms with Gasteiger partial charge in [-0.05, 0) is 44.4 Å². The minimum absolute atomic E-state index is 0.115. The average molecular weight is 335 g/mol. The summed E-state index contributed by atoms with van der Waals surface area (Å²) in [7, 11) is 1.59. The van der Waals surface area contributed by atoms with Crippen molar-refractivity contribution in [3.63, 3.8) is 0 Å². The van der Waals surface area contributed by atoms with E-state index in [1.54, 1.807) is 7.11 Å². The van der Waals surface area contributed by atoms with E-state index in [1.807, 2.05) is 38.1 Å². The molecule has 0 saturated carbocycles. The van der Waals surface area contributed by atoms with Crippen LogP contribution in [0.2, 0.25) is 0 Å². The lowest BCUT2D eigenvalue weighted by Crippen LogP contribution is -2.50. The van der Waals surface area contributed by atoms with E-state index in [2.05, 4.69) is 5.32 Å². The number of hydrogen-bond donors (Lipinski definition) is 2. The largest absolute Gasteiger partial charge is 0.497 e. The van der Waals surface area contributed by atoms with Crippen LogP contribution in [0.1, 0.15) is 32.3 Å². The number of carbonyl (C=O) groups is 2. The van der Waals surface area contributed by atoms with Gasteiger partial charge in [-0.2, -0.15) is 0 Å². The molecule has 1 saturated heterocycles. The lowest BCUT2D eigenvalue weighted by Gasteiger charge is -2.34. The highest BCUT2D eigenvalue weighted by molar-refractivity contribution is 5.88. The molecular weight excluding hydrogens is 310 g/mol. The Bertz CT molecular complexity index is 588. The molecule has 0 unspecified atom stereocenters. The molecular formula is C18H25NO5. The molecule has 0 radical (unpaired) electrons. The van der Waals surface area contributed by atoms with Crippen LogP contribution in [0.4, 0.5) is 0 Å². The van der Waals surface area contributed by atoms with Crippen LogP contribution in [0, 0.1) is 5.41 Å². The summed E-state index contributed by atoms with van der Waals surface area (Å²) >= 11 is 0. The molecule has 0 spiro atoms. The lowest BCUT2D eigenvalue weighted by atomic mass is 9.79. The van der Waals surface area contributed by atoms with Crippen molar-refractivity contribution in [2.24, 2.45) is 5.41 Å². The minimum atomic E-state index is -0.941. The topological polar surface area (TPSA) is 84.9 Å². The molecule has 132 valence electrons. The zero-order valence-corrected chi connectivity index (χ0v) is 14.4. The van der Waals surface area contributed by atoms with Gasteiger partial charge in [0.15, 0.2) is 0 Å². The third kappa shape index (κ3) is 3.70. The molecule has 0 bridgehead atoms. The van der Waals surface area contributed by atoms with Gasteiger partial charge in [0.25, 0.3) is 0 Å². The van der Waals surface area contributed by atoms with Crippen molar-refractivity contribution < 1.29 is 24.2 Å². The van der Waals surface area contributed by atoms with Crippen LogP contribution in [-0.2, 0) is 19.7 Å². The van der Waals surface area contributed by atoms with E-state index in [0.29, 0.717) is 26.1 Å². The smallest absolute Gasteiger partial charge is 0.311 e. The zero-order chi connectivity index (χ0) is 17.8. The predicted octanol–water partition coefficient (Wildman–Crippen LogP) is 1.97. The Morgan fingerprint density at radius 3 is 2.33 bits per heavy atom. The Hall–Kier alpha value is -2.08. The summed E-state index contributed by atoms with van der Waals surface area (Å²) in [5, 5.41) is 12.4. The van der Waals surface area contributed by atoms with Gasteiger partial charge in [-0.1, -0.05) is 12.1 Å². The Balaban J connectivity index is 2.07. The number of amides is 1. The highest BCUT2D eigenvalue weighted by atomic mass is 16.5. The van der Waals surface area contributed by atoms with Crippen LogP contribution in [0.3, 0.4) is 0 Å². The van der Waals surface area contributed by atoms with Crippen molar-refractivity contribution in [1.29, 1.82) is 0 Å². The molecule has 6 heteroatoms. The Morgan fingerprint density at radius 1 is 1.25 bits per heavy atom. The van der Waals surface area contributed by atoms with Crippen molar-refractivity contribution in [2.75, 3.05) is 26.9 Å². The monoisotopic (exact) mass is 335 g/mol. The minimum Gasteiger partial charge on any atom is -0.497 e. The number of aliphatic carboxylic acids is 1. The van der Waals surface area contributed by atoms with E-state index in [4.69, 9.17) is 9.47 Å². The number of benzene rings is 1. The summed E-state index contributed by atoms with van der Waals surface area (Å²) in [6, 6.07) is 7.31. The SMILES string of the molecule is COc1ccc(C(C)(C)C(=O)NCC2(C(=O)O)CCOCC2)cc1. The first-order valence-corrected chi connectivity index (χ1v) is 8.06. The van der Waals surface area contributed by atoms with E-state index >= 15 is 0 Å². The maximum absolute atomic E-state index is 12.7. The number of rotatable bonds is 6. The molecule has 1 fully saturated rings. The van der Waals surface area contributed by atoms with Gasteiger partial charge >= 0.3 is 5.97 Å². The summed E-state index contributed by atoms with van der Waals surface area (Å²) < 4.78 is 10.4. The Morgan fingerprint density at radius 2 is 1.83 bits per heavy atom. The molecule has 1 aliphatic heterocycles. The maximum atomic E-state index is 12.7. The van der Waals surface area contributed by atoms with Crippen LogP contribution in [-0.4, -0.2) is 43.9 Å². The zero-order valence-electron chi connectivity index (χ0n) is 14.4. The van der Waals surface area contributed by atoms with Crippen LogP contribution in [0.5, 0.6) is 5.75 Å². The second kappa shape index (κ2) is 7.21. The highest BCUT2D eigenvalue weighted by Crippen LogP contribution is 2.31. The number of carbonyl (C=O) groups excluding carboxylic acids is 1. The van der Waals surface area contributed by atoms with E-state index in [9.17, 15) is 14.7 Å². The second-order valence-corrected chi connectivity index (χ2v) is 6.73. The first kappa shape index (κ1) is 18.3. The van der Waals surface area contributed by atoms with Crippen molar-refractivity contribution in [2.45, 2.75) is 32.1 Å². The molecule has 0 atom stereocenters. The summed E-state index contributed by atoms with van der Waals surface area (Å²) in [6.07, 6.45) is 0.817. The van der Waals surface area contributed by atoms with Gasteiger partial charge in [0.1, 0.15) is 5.75 Å². The molecule has 1 aromatic rings. The molecule has 2 rings (SSSR count). The average Bonchev–Trinajstić information content (AvgIpc) is 2.60. The summed E-state index contributed by atoms with van der Waals surface area (Å²) in [5.41, 5.74) is -0.863. The van der Waals surface area contributed by atoms with Crippen molar-refractivity contribution in [3.8, 4) is 5.75 Å². The summed E-state index contributed by atoms with van der Waals surface area (Å²) in [6.45, 7) is 4.57.